The van der Waals surface area contributed by atoms with Crippen molar-refractivity contribution in [3.63, 3.8) is 0 Å². The van der Waals surface area contributed by atoms with Gasteiger partial charge in [-0.3, -0.25) is 9.89 Å². The van der Waals surface area contributed by atoms with E-state index in [2.05, 4.69) is 20.4 Å². The van der Waals surface area contributed by atoms with Crippen LogP contribution < -0.4 is 5.32 Å². The molecule has 0 saturated heterocycles. The lowest BCUT2D eigenvalue weighted by Gasteiger charge is -2.21. The van der Waals surface area contributed by atoms with Crippen LogP contribution in [0.25, 0.3) is 0 Å². The number of aromatic hydroxyl groups is 1. The van der Waals surface area contributed by atoms with Gasteiger partial charge in [-0.2, -0.15) is 5.10 Å². The highest BCUT2D eigenvalue weighted by Gasteiger charge is 2.21. The van der Waals surface area contributed by atoms with Crippen LogP contribution in [0.15, 0.2) is 24.3 Å². The van der Waals surface area contributed by atoms with Crippen molar-refractivity contribution in [3.05, 3.63) is 41.1 Å². The van der Waals surface area contributed by atoms with E-state index < -0.39 is 0 Å². The maximum Gasteiger partial charge on any atom is 0.260 e. The van der Waals surface area contributed by atoms with Gasteiger partial charge in [0.05, 0.1) is 11.3 Å². The molecule has 0 fully saturated rings. The first-order valence-corrected chi connectivity index (χ1v) is 6.49. The van der Waals surface area contributed by atoms with Crippen molar-refractivity contribution >= 4 is 11.7 Å². The average Bonchev–Trinajstić information content (AvgIpc) is 2.81. The Hall–Kier alpha value is -2.34. The van der Waals surface area contributed by atoms with Crippen molar-refractivity contribution in [2.45, 2.75) is 13.0 Å². The first-order valence-electron chi connectivity index (χ1n) is 6.49. The maximum atomic E-state index is 12.1. The van der Waals surface area contributed by atoms with Crippen LogP contribution in [0.1, 0.15) is 21.6 Å². The number of fused-ring (bicyclic) bond motifs is 1. The number of amides is 1. The largest absolute Gasteiger partial charge is 0.507 e. The van der Waals surface area contributed by atoms with E-state index in [0.29, 0.717) is 5.82 Å². The molecule has 0 unspecified atom stereocenters. The minimum Gasteiger partial charge on any atom is -0.507 e. The third kappa shape index (κ3) is 2.25. The highest BCUT2D eigenvalue weighted by atomic mass is 16.3. The van der Waals surface area contributed by atoms with E-state index >= 15 is 0 Å². The van der Waals surface area contributed by atoms with E-state index in [-0.39, 0.29) is 17.2 Å². The summed E-state index contributed by atoms with van der Waals surface area (Å²) < 4.78 is 0. The first-order chi connectivity index (χ1) is 9.65. The Balaban J connectivity index is 1.82. The lowest BCUT2D eigenvalue weighted by molar-refractivity contribution is 0.102. The summed E-state index contributed by atoms with van der Waals surface area (Å²) in [6, 6.07) is 6.46. The lowest BCUT2D eigenvalue weighted by atomic mass is 10.1. The number of carbonyl (C=O) groups is 1. The van der Waals surface area contributed by atoms with Gasteiger partial charge in [-0.1, -0.05) is 12.1 Å². The zero-order valence-electron chi connectivity index (χ0n) is 11.2. The number of phenolic OH excluding ortho intramolecular Hbond substituents is 1. The summed E-state index contributed by atoms with van der Waals surface area (Å²) in [5, 5.41) is 19.6. The molecule has 1 amide bonds. The van der Waals surface area contributed by atoms with Crippen molar-refractivity contribution in [2.75, 3.05) is 18.9 Å². The predicted molar refractivity (Wildman–Crippen MR) is 74.7 cm³/mol. The number of likely N-dealkylation sites (N-methyl/N-ethyl adjacent to an activating group) is 1. The third-order valence-corrected chi connectivity index (χ3v) is 3.50. The molecule has 6 heteroatoms. The molecule has 0 bridgehead atoms. The Morgan fingerprint density at radius 2 is 2.25 bits per heavy atom. The number of hydrogen-bond acceptors (Lipinski definition) is 4. The van der Waals surface area contributed by atoms with E-state index in [1.165, 1.54) is 6.07 Å². The Labute approximate surface area is 116 Å². The van der Waals surface area contributed by atoms with Crippen molar-refractivity contribution in [3.8, 4) is 5.75 Å². The van der Waals surface area contributed by atoms with Gasteiger partial charge in [0.1, 0.15) is 5.75 Å². The molecule has 20 heavy (non-hydrogen) atoms. The molecule has 6 nitrogen and oxygen atoms in total. The zero-order valence-corrected chi connectivity index (χ0v) is 11.2. The Morgan fingerprint density at radius 1 is 1.45 bits per heavy atom. The minimum absolute atomic E-state index is 0.0332. The van der Waals surface area contributed by atoms with Crippen LogP contribution >= 0.6 is 0 Å². The summed E-state index contributed by atoms with van der Waals surface area (Å²) in [6.45, 7) is 1.74. The summed E-state index contributed by atoms with van der Waals surface area (Å²) in [5.74, 6) is 0.173. The van der Waals surface area contributed by atoms with Gasteiger partial charge in [0.2, 0.25) is 0 Å². The molecule has 1 aliphatic rings. The zero-order chi connectivity index (χ0) is 14.1. The van der Waals surface area contributed by atoms with Crippen LogP contribution in [-0.4, -0.2) is 39.7 Å². The number of carbonyl (C=O) groups excluding carboxylic acids is 1. The molecule has 104 valence electrons. The van der Waals surface area contributed by atoms with Gasteiger partial charge in [-0.15, -0.1) is 0 Å². The molecule has 0 spiro atoms. The van der Waals surface area contributed by atoms with Gasteiger partial charge in [0.15, 0.2) is 5.82 Å². The molecule has 1 aromatic heterocycles. The summed E-state index contributed by atoms with van der Waals surface area (Å²) in [4.78, 5) is 14.3. The highest BCUT2D eigenvalue weighted by molar-refractivity contribution is 6.06. The quantitative estimate of drug-likeness (QED) is 0.771. The van der Waals surface area contributed by atoms with Crippen LogP contribution in [0, 0.1) is 0 Å². The second-order valence-corrected chi connectivity index (χ2v) is 4.99. The number of hydrogen-bond donors (Lipinski definition) is 3. The van der Waals surface area contributed by atoms with Crippen LogP contribution in [0.3, 0.4) is 0 Å². The summed E-state index contributed by atoms with van der Waals surface area (Å²) in [5.41, 5.74) is 2.33. The number of anilines is 1. The number of phenols is 1. The fourth-order valence-electron chi connectivity index (χ4n) is 2.40. The summed E-state index contributed by atoms with van der Waals surface area (Å²) >= 11 is 0. The normalized spacial score (nSPS) is 14.8. The van der Waals surface area contributed by atoms with Crippen molar-refractivity contribution in [1.29, 1.82) is 0 Å². The molecule has 0 saturated carbocycles. The van der Waals surface area contributed by atoms with Gasteiger partial charge < -0.3 is 15.3 Å². The van der Waals surface area contributed by atoms with Crippen LogP contribution in [0.4, 0.5) is 5.82 Å². The van der Waals surface area contributed by atoms with Gasteiger partial charge in [0, 0.05) is 18.7 Å². The number of nitrogens with one attached hydrogen (secondary N) is 2. The molecule has 3 rings (SSSR count). The SMILES string of the molecule is CN1CCc2c(NC(=O)c3ccccc3O)n[nH]c2C1. The Bertz CT molecular complexity index is 650. The van der Waals surface area contributed by atoms with E-state index in [1.807, 2.05) is 7.05 Å². The topological polar surface area (TPSA) is 81.2 Å². The van der Waals surface area contributed by atoms with Crippen LogP contribution in [0.5, 0.6) is 5.75 Å². The smallest absolute Gasteiger partial charge is 0.260 e. The van der Waals surface area contributed by atoms with E-state index in [9.17, 15) is 9.90 Å². The number of rotatable bonds is 2. The number of aromatic amines is 1. The van der Waals surface area contributed by atoms with E-state index in [0.717, 1.165) is 30.8 Å². The second-order valence-electron chi connectivity index (χ2n) is 4.99. The predicted octanol–water partition coefficient (Wildman–Crippen LogP) is 1.36. The second kappa shape index (κ2) is 4.97. The number of nitrogens with zero attached hydrogens (tertiary/aromatic N) is 2. The molecular formula is C14H16N4O2. The van der Waals surface area contributed by atoms with E-state index in [1.54, 1.807) is 18.2 Å². The first kappa shape index (κ1) is 12.7. The van der Waals surface area contributed by atoms with Crippen molar-refractivity contribution in [2.24, 2.45) is 0 Å². The highest BCUT2D eigenvalue weighted by Crippen LogP contribution is 2.24. The molecule has 0 aliphatic carbocycles. The van der Waals surface area contributed by atoms with Gasteiger partial charge in [-0.05, 0) is 25.6 Å². The number of benzene rings is 1. The number of para-hydroxylation sites is 1. The Kier molecular flexibility index (Phi) is 3.15. The molecule has 3 N–H and O–H groups in total. The average molecular weight is 272 g/mol. The van der Waals surface area contributed by atoms with Crippen molar-refractivity contribution < 1.29 is 9.90 Å². The fraction of sp³-hybridized carbons (Fsp3) is 0.286. The molecule has 1 aromatic carbocycles. The number of aromatic nitrogens is 2. The molecule has 0 atom stereocenters. The maximum absolute atomic E-state index is 12.1. The van der Waals surface area contributed by atoms with Crippen LogP contribution in [0.2, 0.25) is 0 Å². The molecule has 2 aromatic rings. The molecule has 1 aliphatic heterocycles. The Morgan fingerprint density at radius 3 is 3.05 bits per heavy atom. The molecule has 2 heterocycles. The molecular weight excluding hydrogens is 256 g/mol. The van der Waals surface area contributed by atoms with Gasteiger partial charge in [0.25, 0.3) is 5.91 Å². The van der Waals surface area contributed by atoms with Gasteiger partial charge in [-0.25, -0.2) is 0 Å². The number of H-pyrrole nitrogens is 1. The minimum atomic E-state index is -0.351. The lowest BCUT2D eigenvalue weighted by Crippen LogP contribution is -2.26. The monoisotopic (exact) mass is 272 g/mol. The van der Waals surface area contributed by atoms with Crippen molar-refractivity contribution in [1.82, 2.24) is 15.1 Å². The molecule has 0 radical (unpaired) electrons. The standard InChI is InChI=1S/C14H16N4O2/c1-18-7-6-9-11(8-18)16-17-13(9)15-14(20)10-4-2-3-5-12(10)19/h2-5,19H,6-8H2,1H3,(H2,15,16,17,20). The van der Waals surface area contributed by atoms with Crippen LogP contribution in [-0.2, 0) is 13.0 Å². The van der Waals surface area contributed by atoms with Gasteiger partial charge >= 0.3 is 0 Å². The van der Waals surface area contributed by atoms with E-state index in [4.69, 9.17) is 0 Å². The summed E-state index contributed by atoms with van der Waals surface area (Å²) in [7, 11) is 2.05. The third-order valence-electron chi connectivity index (χ3n) is 3.50. The summed E-state index contributed by atoms with van der Waals surface area (Å²) in [6.07, 6.45) is 0.846. The fourth-order valence-corrected chi connectivity index (χ4v) is 2.40.